The lowest BCUT2D eigenvalue weighted by Crippen LogP contribution is -2.31. The third-order valence-electron chi connectivity index (χ3n) is 3.48. The van der Waals surface area contributed by atoms with Crippen LogP contribution in [-0.2, 0) is 11.2 Å². The normalized spacial score (nSPS) is 10.8. The fourth-order valence-electron chi connectivity index (χ4n) is 2.24. The number of carbonyl (C=O) groups excluding carboxylic acids is 1. The Kier molecular flexibility index (Phi) is 5.50. The number of rotatable bonds is 7. The van der Waals surface area contributed by atoms with E-state index in [9.17, 15) is 4.79 Å². The predicted molar refractivity (Wildman–Crippen MR) is 87.8 cm³/mol. The lowest BCUT2D eigenvalue weighted by molar-refractivity contribution is -0.130. The number of nitrogens with one attached hydrogen (secondary N) is 1. The van der Waals surface area contributed by atoms with E-state index in [4.69, 9.17) is 0 Å². The third kappa shape index (κ3) is 3.69. The molecule has 2 heterocycles. The predicted octanol–water partition coefficient (Wildman–Crippen LogP) is 2.92. The second-order valence-electron chi connectivity index (χ2n) is 4.75. The molecule has 5 nitrogen and oxygen atoms in total. The molecule has 114 valence electrons. The Morgan fingerprint density at radius 2 is 2.05 bits per heavy atom. The van der Waals surface area contributed by atoms with Crippen molar-refractivity contribution in [2.24, 2.45) is 0 Å². The lowest BCUT2D eigenvalue weighted by Gasteiger charge is -2.18. The molecule has 0 aromatic carbocycles. The van der Waals surface area contributed by atoms with Gasteiger partial charge >= 0.3 is 0 Å². The first-order valence-corrected chi connectivity index (χ1v) is 8.26. The molecule has 0 bridgehead atoms. The number of carbonyl (C=O) groups is 1. The average Bonchev–Trinajstić information content (AvgIpc) is 2.92. The summed E-state index contributed by atoms with van der Waals surface area (Å²) in [6.07, 6.45) is 3.06. The van der Waals surface area contributed by atoms with E-state index in [1.807, 2.05) is 18.7 Å². The third-order valence-corrected chi connectivity index (χ3v) is 4.66. The molecule has 0 radical (unpaired) electrons. The summed E-state index contributed by atoms with van der Waals surface area (Å²) >= 11 is 1.70. The zero-order valence-electron chi connectivity index (χ0n) is 12.8. The maximum Gasteiger partial charge on any atom is 0.224 e. The van der Waals surface area contributed by atoms with E-state index in [0.29, 0.717) is 13.0 Å². The number of nitrogens with zero attached hydrogens (tertiary/aromatic N) is 3. The van der Waals surface area contributed by atoms with Crippen LogP contribution in [0.1, 0.15) is 32.1 Å². The summed E-state index contributed by atoms with van der Waals surface area (Å²) in [7, 11) is 0. The van der Waals surface area contributed by atoms with Crippen molar-refractivity contribution in [3.05, 3.63) is 17.3 Å². The fourth-order valence-corrected chi connectivity index (χ4v) is 3.18. The molecule has 2 rings (SSSR count). The van der Waals surface area contributed by atoms with Gasteiger partial charge < -0.3 is 10.2 Å². The fraction of sp³-hybridized carbons (Fsp3) is 0.533. The first kappa shape index (κ1) is 15.7. The molecule has 2 aromatic rings. The summed E-state index contributed by atoms with van der Waals surface area (Å²) in [5.41, 5.74) is 0. The number of anilines is 1. The minimum Gasteiger partial charge on any atom is -0.369 e. The summed E-state index contributed by atoms with van der Waals surface area (Å²) in [6, 6.07) is 2.13. The van der Waals surface area contributed by atoms with Gasteiger partial charge in [-0.15, -0.1) is 11.3 Å². The first-order chi connectivity index (χ1) is 10.2. The second-order valence-corrected chi connectivity index (χ2v) is 5.87. The molecule has 2 aromatic heterocycles. The minimum absolute atomic E-state index is 0.178. The quantitative estimate of drug-likeness (QED) is 0.854. The summed E-state index contributed by atoms with van der Waals surface area (Å²) in [6.45, 7) is 8.25. The van der Waals surface area contributed by atoms with E-state index in [1.165, 1.54) is 4.88 Å². The van der Waals surface area contributed by atoms with Crippen molar-refractivity contribution in [1.82, 2.24) is 14.9 Å². The van der Waals surface area contributed by atoms with Crippen molar-refractivity contribution in [3.63, 3.8) is 0 Å². The van der Waals surface area contributed by atoms with Gasteiger partial charge in [0.15, 0.2) is 0 Å². The number of hydrogen-bond donors (Lipinski definition) is 1. The van der Waals surface area contributed by atoms with E-state index < -0.39 is 0 Å². The Morgan fingerprint density at radius 3 is 2.71 bits per heavy atom. The van der Waals surface area contributed by atoms with Crippen LogP contribution < -0.4 is 5.32 Å². The van der Waals surface area contributed by atoms with Crippen LogP contribution in [0.5, 0.6) is 0 Å². The van der Waals surface area contributed by atoms with Gasteiger partial charge in [-0.25, -0.2) is 9.97 Å². The summed E-state index contributed by atoms with van der Waals surface area (Å²) in [5, 5.41) is 4.32. The van der Waals surface area contributed by atoms with E-state index in [1.54, 1.807) is 17.7 Å². The van der Waals surface area contributed by atoms with Crippen molar-refractivity contribution >= 4 is 33.3 Å². The first-order valence-electron chi connectivity index (χ1n) is 7.44. The van der Waals surface area contributed by atoms with Gasteiger partial charge in [0, 0.05) is 30.9 Å². The molecule has 0 spiro atoms. The molecule has 21 heavy (non-hydrogen) atoms. The Morgan fingerprint density at radius 1 is 1.29 bits per heavy atom. The largest absolute Gasteiger partial charge is 0.369 e. The van der Waals surface area contributed by atoms with Gasteiger partial charge in [0.1, 0.15) is 17.0 Å². The molecule has 0 aliphatic heterocycles. The van der Waals surface area contributed by atoms with Crippen LogP contribution in [0.15, 0.2) is 12.4 Å². The highest BCUT2D eigenvalue weighted by Gasteiger charge is 2.11. The van der Waals surface area contributed by atoms with Gasteiger partial charge in [-0.05, 0) is 26.3 Å². The number of thiophene rings is 1. The lowest BCUT2D eigenvalue weighted by atomic mass is 10.3. The Balaban J connectivity index is 2.00. The van der Waals surface area contributed by atoms with Crippen molar-refractivity contribution in [2.45, 2.75) is 33.6 Å². The number of hydrogen-bond acceptors (Lipinski definition) is 5. The molecular weight excluding hydrogens is 284 g/mol. The van der Waals surface area contributed by atoms with Crippen LogP contribution in [-0.4, -0.2) is 40.4 Å². The van der Waals surface area contributed by atoms with Gasteiger partial charge in [0.25, 0.3) is 0 Å². The number of amides is 1. The molecule has 6 heteroatoms. The molecule has 0 fully saturated rings. The van der Waals surface area contributed by atoms with Gasteiger partial charge in [-0.2, -0.15) is 0 Å². The van der Waals surface area contributed by atoms with Crippen LogP contribution in [0.4, 0.5) is 5.82 Å². The number of fused-ring (bicyclic) bond motifs is 1. The van der Waals surface area contributed by atoms with Crippen LogP contribution in [0, 0.1) is 0 Å². The Labute approximate surface area is 129 Å². The molecule has 0 aliphatic rings. The highest BCUT2D eigenvalue weighted by molar-refractivity contribution is 7.18. The van der Waals surface area contributed by atoms with Crippen molar-refractivity contribution in [3.8, 4) is 0 Å². The number of aromatic nitrogens is 2. The number of aryl methyl sites for hydroxylation is 1. The molecule has 0 saturated heterocycles. The van der Waals surface area contributed by atoms with Crippen LogP contribution in [0.25, 0.3) is 10.2 Å². The summed E-state index contributed by atoms with van der Waals surface area (Å²) in [4.78, 5) is 24.7. The topological polar surface area (TPSA) is 58.1 Å². The zero-order chi connectivity index (χ0) is 15.2. The molecule has 0 unspecified atom stereocenters. The highest BCUT2D eigenvalue weighted by atomic mass is 32.1. The van der Waals surface area contributed by atoms with E-state index in [2.05, 4.69) is 28.3 Å². The van der Waals surface area contributed by atoms with Gasteiger partial charge in [0.05, 0.1) is 5.39 Å². The van der Waals surface area contributed by atoms with Crippen LogP contribution in [0.3, 0.4) is 0 Å². The average molecular weight is 306 g/mol. The maximum absolute atomic E-state index is 12.0. The maximum atomic E-state index is 12.0. The molecular formula is C15H22N4OS. The smallest absolute Gasteiger partial charge is 0.224 e. The zero-order valence-corrected chi connectivity index (χ0v) is 13.7. The highest BCUT2D eigenvalue weighted by Crippen LogP contribution is 2.28. The molecule has 0 atom stereocenters. The second kappa shape index (κ2) is 7.36. The van der Waals surface area contributed by atoms with Gasteiger partial charge in [-0.1, -0.05) is 6.92 Å². The van der Waals surface area contributed by atoms with Gasteiger partial charge in [0.2, 0.25) is 5.91 Å². The molecule has 1 amide bonds. The molecule has 1 N–H and O–H groups in total. The SMILES string of the molecule is CCc1cc2c(NCCC(=O)N(CC)CC)ncnc2s1. The van der Waals surface area contributed by atoms with Crippen LogP contribution in [0.2, 0.25) is 0 Å². The Bertz CT molecular complexity index is 607. The molecule has 0 aliphatic carbocycles. The summed E-state index contributed by atoms with van der Waals surface area (Å²) in [5.74, 6) is 1.00. The van der Waals surface area contributed by atoms with Crippen molar-refractivity contribution < 1.29 is 4.79 Å². The van der Waals surface area contributed by atoms with E-state index >= 15 is 0 Å². The monoisotopic (exact) mass is 306 g/mol. The van der Waals surface area contributed by atoms with Crippen molar-refractivity contribution in [2.75, 3.05) is 25.0 Å². The van der Waals surface area contributed by atoms with E-state index in [0.717, 1.165) is 35.5 Å². The van der Waals surface area contributed by atoms with Crippen LogP contribution >= 0.6 is 11.3 Å². The summed E-state index contributed by atoms with van der Waals surface area (Å²) < 4.78 is 0. The van der Waals surface area contributed by atoms with Gasteiger partial charge in [-0.3, -0.25) is 4.79 Å². The molecule has 0 saturated carbocycles. The Hall–Kier alpha value is -1.69. The van der Waals surface area contributed by atoms with E-state index in [-0.39, 0.29) is 5.91 Å². The standard InChI is InChI=1S/C15H22N4OS/c1-4-11-9-12-14(17-10-18-15(12)21-11)16-8-7-13(20)19(5-2)6-3/h9-10H,4-8H2,1-3H3,(H,16,17,18). The minimum atomic E-state index is 0.178. The van der Waals surface area contributed by atoms with Crippen molar-refractivity contribution in [1.29, 1.82) is 0 Å².